The van der Waals surface area contributed by atoms with Gasteiger partial charge in [-0.15, -0.1) is 0 Å². The molecule has 25 heavy (non-hydrogen) atoms. The Hall–Kier alpha value is -2.02. The number of alkyl halides is 3. The third-order valence-electron chi connectivity index (χ3n) is 4.10. The number of nitrogens with zero attached hydrogens (tertiary/aromatic N) is 3. The van der Waals surface area contributed by atoms with Gasteiger partial charge in [0.1, 0.15) is 5.82 Å². The van der Waals surface area contributed by atoms with Crippen molar-refractivity contribution in [1.82, 2.24) is 9.97 Å². The molecule has 1 aliphatic heterocycles. The Labute approximate surface area is 149 Å². The van der Waals surface area contributed by atoms with Crippen molar-refractivity contribution in [3.63, 3.8) is 0 Å². The van der Waals surface area contributed by atoms with Gasteiger partial charge in [0.25, 0.3) is 0 Å². The minimum Gasteiger partial charge on any atom is -0.356 e. The SMILES string of the molecule is FC(F)(F)c1cc(Cl)ccc1Nc1nccc(N2CCCCCC2)n1. The third kappa shape index (κ3) is 4.54. The van der Waals surface area contributed by atoms with Crippen molar-refractivity contribution in [3.8, 4) is 0 Å². The van der Waals surface area contributed by atoms with Crippen LogP contribution in [0.15, 0.2) is 30.5 Å². The van der Waals surface area contributed by atoms with Crippen LogP contribution in [-0.4, -0.2) is 23.1 Å². The zero-order valence-corrected chi connectivity index (χ0v) is 14.2. The minimum atomic E-state index is -4.52. The van der Waals surface area contributed by atoms with Crippen molar-refractivity contribution < 1.29 is 13.2 Å². The van der Waals surface area contributed by atoms with Crippen LogP contribution in [0, 0.1) is 0 Å². The van der Waals surface area contributed by atoms with Gasteiger partial charge in [-0.3, -0.25) is 0 Å². The van der Waals surface area contributed by atoms with Crippen LogP contribution in [0.4, 0.5) is 30.6 Å². The molecular formula is C17H18ClF3N4. The van der Waals surface area contributed by atoms with E-state index in [2.05, 4.69) is 20.2 Å². The third-order valence-corrected chi connectivity index (χ3v) is 4.34. The molecule has 8 heteroatoms. The Balaban J connectivity index is 1.85. The maximum absolute atomic E-state index is 13.2. The van der Waals surface area contributed by atoms with Crippen molar-refractivity contribution in [2.24, 2.45) is 0 Å². The predicted molar refractivity (Wildman–Crippen MR) is 92.4 cm³/mol. The molecule has 1 aliphatic rings. The summed E-state index contributed by atoms with van der Waals surface area (Å²) in [6.07, 6.45) is 1.58. The van der Waals surface area contributed by atoms with Crippen LogP contribution in [0.1, 0.15) is 31.2 Å². The van der Waals surface area contributed by atoms with Crippen molar-refractivity contribution in [2.45, 2.75) is 31.9 Å². The topological polar surface area (TPSA) is 41.1 Å². The molecule has 0 saturated carbocycles. The zero-order chi connectivity index (χ0) is 17.9. The van der Waals surface area contributed by atoms with Gasteiger partial charge in [0.15, 0.2) is 0 Å². The fraction of sp³-hybridized carbons (Fsp3) is 0.412. The van der Waals surface area contributed by atoms with E-state index < -0.39 is 11.7 Å². The second-order valence-electron chi connectivity index (χ2n) is 5.95. The molecule has 134 valence electrons. The molecule has 0 radical (unpaired) electrons. The van der Waals surface area contributed by atoms with E-state index in [9.17, 15) is 13.2 Å². The molecule has 4 nitrogen and oxygen atoms in total. The molecule has 1 saturated heterocycles. The van der Waals surface area contributed by atoms with Crippen LogP contribution < -0.4 is 10.2 Å². The van der Waals surface area contributed by atoms with Gasteiger partial charge in [0.2, 0.25) is 5.95 Å². The Kier molecular flexibility index (Phi) is 5.32. The molecule has 2 heterocycles. The smallest absolute Gasteiger partial charge is 0.356 e. The number of rotatable bonds is 3. The van der Waals surface area contributed by atoms with E-state index in [1.165, 1.54) is 25.0 Å². The lowest BCUT2D eigenvalue weighted by Gasteiger charge is -2.22. The Morgan fingerprint density at radius 2 is 1.76 bits per heavy atom. The van der Waals surface area contributed by atoms with Gasteiger partial charge in [-0.05, 0) is 37.1 Å². The summed E-state index contributed by atoms with van der Waals surface area (Å²) in [6.45, 7) is 1.79. The molecule has 0 unspecified atom stereocenters. The summed E-state index contributed by atoms with van der Waals surface area (Å²) in [5, 5.41) is 2.70. The largest absolute Gasteiger partial charge is 0.418 e. The van der Waals surface area contributed by atoms with Crippen LogP contribution in [0.5, 0.6) is 0 Å². The summed E-state index contributed by atoms with van der Waals surface area (Å²) < 4.78 is 39.6. The van der Waals surface area contributed by atoms with Gasteiger partial charge in [0, 0.05) is 24.3 Å². The first-order valence-electron chi connectivity index (χ1n) is 8.15. The first kappa shape index (κ1) is 17.8. The minimum absolute atomic E-state index is 0.0251. The number of hydrogen-bond donors (Lipinski definition) is 1. The van der Waals surface area contributed by atoms with Crippen molar-refractivity contribution in [3.05, 3.63) is 41.0 Å². The maximum Gasteiger partial charge on any atom is 0.418 e. The van der Waals surface area contributed by atoms with Crippen molar-refractivity contribution in [2.75, 3.05) is 23.3 Å². The molecule has 2 aromatic rings. The number of anilines is 3. The van der Waals surface area contributed by atoms with Gasteiger partial charge in [0.05, 0.1) is 11.3 Å². The summed E-state index contributed by atoms with van der Waals surface area (Å²) in [6, 6.07) is 5.36. The number of aromatic nitrogens is 2. The van der Waals surface area contributed by atoms with Crippen LogP contribution in [0.25, 0.3) is 0 Å². The fourth-order valence-corrected chi connectivity index (χ4v) is 3.04. The number of halogens is 4. The first-order chi connectivity index (χ1) is 11.9. The summed E-state index contributed by atoms with van der Waals surface area (Å²) in [5.41, 5.74) is -0.964. The lowest BCUT2D eigenvalue weighted by Crippen LogP contribution is -2.25. The Morgan fingerprint density at radius 1 is 1.04 bits per heavy atom. The molecule has 1 N–H and O–H groups in total. The highest BCUT2D eigenvalue weighted by Gasteiger charge is 2.34. The van der Waals surface area contributed by atoms with E-state index in [1.807, 2.05) is 0 Å². The standard InChI is InChI=1S/C17H18ClF3N4/c18-12-5-6-14(13(11-12)17(19,20)21)23-16-22-8-7-15(24-16)25-9-3-1-2-4-10-25/h5-8,11H,1-4,9-10H2,(H,22,23,24). The van der Waals surface area contributed by atoms with Gasteiger partial charge in [-0.1, -0.05) is 24.4 Å². The second kappa shape index (κ2) is 7.47. The normalized spacial score (nSPS) is 15.8. The summed E-state index contributed by atoms with van der Waals surface area (Å²) in [5.74, 6) is 0.858. The number of hydrogen-bond acceptors (Lipinski definition) is 4. The zero-order valence-electron chi connectivity index (χ0n) is 13.5. The molecule has 0 bridgehead atoms. The molecule has 0 aliphatic carbocycles. The highest BCUT2D eigenvalue weighted by atomic mass is 35.5. The lowest BCUT2D eigenvalue weighted by atomic mass is 10.1. The van der Waals surface area contributed by atoms with E-state index >= 15 is 0 Å². The molecule has 1 aromatic carbocycles. The molecule has 0 atom stereocenters. The van der Waals surface area contributed by atoms with Gasteiger partial charge in [-0.25, -0.2) is 4.98 Å². The summed E-state index contributed by atoms with van der Waals surface area (Å²) in [7, 11) is 0. The summed E-state index contributed by atoms with van der Waals surface area (Å²) in [4.78, 5) is 10.6. The lowest BCUT2D eigenvalue weighted by molar-refractivity contribution is -0.136. The second-order valence-corrected chi connectivity index (χ2v) is 6.39. The van der Waals surface area contributed by atoms with Crippen molar-refractivity contribution >= 4 is 29.1 Å². The molecule has 0 spiro atoms. The maximum atomic E-state index is 13.2. The highest BCUT2D eigenvalue weighted by molar-refractivity contribution is 6.30. The highest BCUT2D eigenvalue weighted by Crippen LogP contribution is 2.37. The van der Waals surface area contributed by atoms with Crippen LogP contribution in [0.2, 0.25) is 5.02 Å². The molecule has 3 rings (SSSR count). The van der Waals surface area contributed by atoms with Gasteiger partial charge >= 0.3 is 6.18 Å². The quantitative estimate of drug-likeness (QED) is 0.798. The van der Waals surface area contributed by atoms with Gasteiger partial charge in [-0.2, -0.15) is 18.2 Å². The Morgan fingerprint density at radius 3 is 2.44 bits per heavy atom. The predicted octanol–water partition coefficient (Wildman–Crippen LogP) is 5.27. The fourth-order valence-electron chi connectivity index (χ4n) is 2.87. The van der Waals surface area contributed by atoms with Crippen LogP contribution in [-0.2, 0) is 6.18 Å². The summed E-state index contributed by atoms with van der Waals surface area (Å²) >= 11 is 5.70. The van der Waals surface area contributed by atoms with E-state index in [0.717, 1.165) is 37.8 Å². The molecular weight excluding hydrogens is 353 g/mol. The molecule has 0 amide bonds. The van der Waals surface area contributed by atoms with Crippen LogP contribution in [0.3, 0.4) is 0 Å². The first-order valence-corrected chi connectivity index (χ1v) is 8.53. The van der Waals surface area contributed by atoms with Crippen molar-refractivity contribution in [1.29, 1.82) is 0 Å². The Bertz CT molecular complexity index is 728. The van der Waals surface area contributed by atoms with Gasteiger partial charge < -0.3 is 10.2 Å². The molecule has 1 aromatic heterocycles. The van der Waals surface area contributed by atoms with E-state index in [1.54, 1.807) is 12.3 Å². The molecule has 1 fully saturated rings. The van der Waals surface area contributed by atoms with Crippen LogP contribution >= 0.6 is 11.6 Å². The monoisotopic (exact) mass is 370 g/mol. The number of benzene rings is 1. The van der Waals surface area contributed by atoms with E-state index in [-0.39, 0.29) is 16.7 Å². The average Bonchev–Trinajstić information content (AvgIpc) is 2.85. The number of nitrogens with one attached hydrogen (secondary N) is 1. The average molecular weight is 371 g/mol. The van der Waals surface area contributed by atoms with E-state index in [0.29, 0.717) is 0 Å². The van der Waals surface area contributed by atoms with E-state index in [4.69, 9.17) is 11.6 Å².